The molecule has 3 nitrogen and oxygen atoms in total. The molecule has 2 N–H and O–H groups in total. The minimum atomic E-state index is 0.186. The Morgan fingerprint density at radius 3 is 2.31 bits per heavy atom. The molecule has 92 valence electrons. The van der Waals surface area contributed by atoms with Crippen molar-refractivity contribution < 1.29 is 4.79 Å². The number of likely N-dealkylation sites (tertiary alicyclic amines) is 1. The van der Waals surface area contributed by atoms with Crippen LogP contribution in [0.15, 0.2) is 0 Å². The second kappa shape index (κ2) is 3.73. The first-order valence-electron chi connectivity index (χ1n) is 6.36. The summed E-state index contributed by atoms with van der Waals surface area (Å²) in [5.74, 6) is 1.19. The molecule has 1 amide bonds. The molecule has 1 heterocycles. The number of carbonyl (C=O) groups is 1. The van der Waals surface area contributed by atoms with E-state index >= 15 is 0 Å². The van der Waals surface area contributed by atoms with Crippen molar-refractivity contribution in [2.45, 2.75) is 52.6 Å². The molecule has 2 unspecified atom stereocenters. The highest BCUT2D eigenvalue weighted by Gasteiger charge is 2.51. The number of hydrogen-bond donors (Lipinski definition) is 1. The Kier molecular flexibility index (Phi) is 2.77. The molecule has 0 spiro atoms. The first kappa shape index (κ1) is 11.9. The molecule has 2 rings (SSSR count). The van der Waals surface area contributed by atoms with Gasteiger partial charge in [0, 0.05) is 24.5 Å². The zero-order valence-electron chi connectivity index (χ0n) is 10.9. The van der Waals surface area contributed by atoms with Crippen LogP contribution in [-0.2, 0) is 4.79 Å². The lowest BCUT2D eigenvalue weighted by atomic mass is 9.88. The number of amides is 1. The van der Waals surface area contributed by atoms with Gasteiger partial charge in [-0.3, -0.25) is 4.79 Å². The van der Waals surface area contributed by atoms with Gasteiger partial charge in [-0.05, 0) is 31.1 Å². The van der Waals surface area contributed by atoms with Crippen molar-refractivity contribution in [3.8, 4) is 0 Å². The third-order valence-electron chi connectivity index (χ3n) is 4.11. The Hall–Kier alpha value is -0.570. The predicted octanol–water partition coefficient (Wildman–Crippen LogP) is 1.62. The number of nitrogens with two attached hydrogens (primary N) is 1. The van der Waals surface area contributed by atoms with Crippen molar-refractivity contribution in [3.05, 3.63) is 0 Å². The van der Waals surface area contributed by atoms with E-state index in [1.807, 2.05) is 4.90 Å². The summed E-state index contributed by atoms with van der Waals surface area (Å²) >= 11 is 0. The Morgan fingerprint density at radius 1 is 1.31 bits per heavy atom. The molecular weight excluding hydrogens is 200 g/mol. The smallest absolute Gasteiger partial charge is 0.226 e. The van der Waals surface area contributed by atoms with Crippen LogP contribution in [0.5, 0.6) is 0 Å². The van der Waals surface area contributed by atoms with E-state index in [2.05, 4.69) is 27.7 Å². The number of nitrogens with zero attached hydrogens (tertiary/aromatic N) is 1. The van der Waals surface area contributed by atoms with Crippen LogP contribution in [0.2, 0.25) is 0 Å². The second-order valence-corrected chi connectivity index (χ2v) is 6.65. The summed E-state index contributed by atoms with van der Waals surface area (Å²) in [7, 11) is 0. The minimum Gasteiger partial charge on any atom is -0.338 e. The van der Waals surface area contributed by atoms with Gasteiger partial charge in [0.15, 0.2) is 0 Å². The van der Waals surface area contributed by atoms with E-state index in [9.17, 15) is 4.79 Å². The van der Waals surface area contributed by atoms with E-state index in [0.29, 0.717) is 17.9 Å². The molecular formula is C13H24N2O. The minimum absolute atomic E-state index is 0.186. The summed E-state index contributed by atoms with van der Waals surface area (Å²) < 4.78 is 0. The summed E-state index contributed by atoms with van der Waals surface area (Å²) in [4.78, 5) is 14.3. The molecule has 0 aromatic rings. The normalized spacial score (nSPS) is 38.9. The highest BCUT2D eigenvalue weighted by molar-refractivity contribution is 5.82. The summed E-state index contributed by atoms with van der Waals surface area (Å²) in [6.45, 7) is 9.55. The van der Waals surface area contributed by atoms with Gasteiger partial charge < -0.3 is 10.6 Å². The van der Waals surface area contributed by atoms with Gasteiger partial charge >= 0.3 is 0 Å². The van der Waals surface area contributed by atoms with Crippen LogP contribution >= 0.6 is 0 Å². The molecule has 0 radical (unpaired) electrons. The first-order chi connectivity index (χ1) is 7.30. The van der Waals surface area contributed by atoms with Gasteiger partial charge in [-0.1, -0.05) is 20.8 Å². The average molecular weight is 224 g/mol. The van der Waals surface area contributed by atoms with E-state index in [-0.39, 0.29) is 17.4 Å². The van der Waals surface area contributed by atoms with Gasteiger partial charge in [-0.2, -0.15) is 0 Å². The Labute approximate surface area is 98.4 Å². The number of hydrogen-bond acceptors (Lipinski definition) is 2. The van der Waals surface area contributed by atoms with E-state index in [1.165, 1.54) is 0 Å². The average Bonchev–Trinajstić information content (AvgIpc) is 2.86. The molecule has 3 heteroatoms. The maximum absolute atomic E-state index is 12.3. The summed E-state index contributed by atoms with van der Waals surface area (Å²) in [5, 5.41) is 0. The maximum atomic E-state index is 12.3. The van der Waals surface area contributed by atoms with Crippen molar-refractivity contribution in [2.75, 3.05) is 6.54 Å². The topological polar surface area (TPSA) is 46.3 Å². The lowest BCUT2D eigenvalue weighted by Gasteiger charge is -2.23. The van der Waals surface area contributed by atoms with Gasteiger partial charge in [0.25, 0.3) is 0 Å². The fourth-order valence-corrected chi connectivity index (χ4v) is 3.02. The highest BCUT2D eigenvalue weighted by atomic mass is 16.2. The first-order valence-corrected chi connectivity index (χ1v) is 6.36. The van der Waals surface area contributed by atoms with Crippen LogP contribution < -0.4 is 5.73 Å². The van der Waals surface area contributed by atoms with Crippen molar-refractivity contribution in [1.82, 2.24) is 4.90 Å². The van der Waals surface area contributed by atoms with Crippen molar-refractivity contribution in [3.63, 3.8) is 0 Å². The van der Waals surface area contributed by atoms with Gasteiger partial charge in [-0.15, -0.1) is 0 Å². The van der Waals surface area contributed by atoms with Crippen molar-refractivity contribution in [2.24, 2.45) is 23.0 Å². The Bertz CT molecular complexity index is 295. The third-order valence-corrected chi connectivity index (χ3v) is 4.11. The molecule has 2 fully saturated rings. The van der Waals surface area contributed by atoms with Crippen LogP contribution in [0.1, 0.15) is 40.5 Å². The zero-order valence-corrected chi connectivity index (χ0v) is 10.9. The van der Waals surface area contributed by atoms with Gasteiger partial charge in [-0.25, -0.2) is 0 Å². The Balaban J connectivity index is 1.96. The van der Waals surface area contributed by atoms with E-state index < -0.39 is 0 Å². The van der Waals surface area contributed by atoms with Crippen LogP contribution in [0.3, 0.4) is 0 Å². The lowest BCUT2D eigenvalue weighted by molar-refractivity contribution is -0.133. The second-order valence-electron chi connectivity index (χ2n) is 6.65. The van der Waals surface area contributed by atoms with E-state index in [0.717, 1.165) is 19.4 Å². The molecule has 0 bridgehead atoms. The molecule has 1 aliphatic heterocycles. The van der Waals surface area contributed by atoms with Crippen LogP contribution in [-0.4, -0.2) is 29.4 Å². The standard InChI is InChI=1S/C13H24N2O/c1-8-5-9(14)7-15(8)12(16)10-6-11(10)13(2,3)4/h8-11H,5-7,14H2,1-4H3/t8-,9-,10?,11?/m1/s1. The fourth-order valence-electron chi connectivity index (χ4n) is 3.02. The van der Waals surface area contributed by atoms with Crippen LogP contribution in [0, 0.1) is 17.3 Å². The van der Waals surface area contributed by atoms with Crippen molar-refractivity contribution >= 4 is 5.91 Å². The molecule has 4 atom stereocenters. The van der Waals surface area contributed by atoms with Crippen LogP contribution in [0.4, 0.5) is 0 Å². The van der Waals surface area contributed by atoms with E-state index in [4.69, 9.17) is 5.73 Å². The molecule has 1 saturated carbocycles. The molecule has 2 aliphatic rings. The molecule has 16 heavy (non-hydrogen) atoms. The fraction of sp³-hybridized carbons (Fsp3) is 0.923. The monoisotopic (exact) mass is 224 g/mol. The summed E-state index contributed by atoms with van der Waals surface area (Å²) in [6.07, 6.45) is 2.03. The quantitative estimate of drug-likeness (QED) is 0.735. The SMILES string of the molecule is C[C@@H]1C[C@@H](N)CN1C(=O)C1CC1C(C)(C)C. The zero-order chi connectivity index (χ0) is 12.1. The molecule has 1 saturated heterocycles. The summed E-state index contributed by atoms with van der Waals surface area (Å²) in [5.41, 5.74) is 6.17. The molecule has 1 aliphatic carbocycles. The van der Waals surface area contributed by atoms with Crippen LogP contribution in [0.25, 0.3) is 0 Å². The largest absolute Gasteiger partial charge is 0.338 e. The van der Waals surface area contributed by atoms with E-state index in [1.54, 1.807) is 0 Å². The van der Waals surface area contributed by atoms with Crippen molar-refractivity contribution in [1.29, 1.82) is 0 Å². The van der Waals surface area contributed by atoms with Gasteiger partial charge in [0.05, 0.1) is 0 Å². The maximum Gasteiger partial charge on any atom is 0.226 e. The number of carbonyl (C=O) groups excluding carboxylic acids is 1. The van der Waals surface area contributed by atoms with Gasteiger partial charge in [0.2, 0.25) is 5.91 Å². The molecule has 0 aromatic heterocycles. The summed E-state index contributed by atoms with van der Waals surface area (Å²) in [6, 6.07) is 0.523. The van der Waals surface area contributed by atoms with Gasteiger partial charge in [0.1, 0.15) is 0 Å². The predicted molar refractivity (Wildman–Crippen MR) is 64.8 cm³/mol. The Morgan fingerprint density at radius 2 is 1.94 bits per heavy atom. The highest BCUT2D eigenvalue weighted by Crippen LogP contribution is 2.51. The lowest BCUT2D eigenvalue weighted by Crippen LogP contribution is -2.37. The molecule has 0 aromatic carbocycles. The number of rotatable bonds is 1. The third kappa shape index (κ3) is 2.10.